The molecule has 210 valence electrons. The fourth-order valence-corrected chi connectivity index (χ4v) is 6.38. The van der Waals surface area contributed by atoms with Crippen LogP contribution in [0.15, 0.2) is 54.9 Å². The number of likely N-dealkylation sites (tertiary alicyclic amines) is 1. The molecule has 0 bridgehead atoms. The number of benzene rings is 1. The Balaban J connectivity index is 1.30. The zero-order valence-corrected chi connectivity index (χ0v) is 24.9. The molecule has 2 amide bonds. The van der Waals surface area contributed by atoms with Crippen molar-refractivity contribution < 1.29 is 9.59 Å². The molecule has 3 aromatic rings. The summed E-state index contributed by atoms with van der Waals surface area (Å²) < 4.78 is 0. The number of nitrogens with zero attached hydrogens (tertiary/aromatic N) is 3. The maximum Gasteiger partial charge on any atom is 0.262 e. The quantitative estimate of drug-likeness (QED) is 0.353. The molecule has 2 aromatic heterocycles. The van der Waals surface area contributed by atoms with Crippen LogP contribution in [0.5, 0.6) is 0 Å². The second kappa shape index (κ2) is 12.0. The molecule has 1 saturated heterocycles. The SMILES string of the molecule is CC1CCN(C(=O)C(Cc2ccc(-c3ncc(C4=CCCCC4)cn3)cc2)NC(=O)c2ccc(C(C)(C)C)s2)C1. The average Bonchev–Trinajstić information content (AvgIpc) is 3.63. The van der Waals surface area contributed by atoms with E-state index in [1.165, 1.54) is 29.8 Å². The van der Waals surface area contributed by atoms with E-state index in [-0.39, 0.29) is 17.2 Å². The van der Waals surface area contributed by atoms with Crippen molar-refractivity contribution in [1.82, 2.24) is 20.2 Å². The van der Waals surface area contributed by atoms with E-state index in [1.54, 1.807) is 0 Å². The van der Waals surface area contributed by atoms with E-state index in [2.05, 4.69) is 49.1 Å². The number of thiophene rings is 1. The maximum absolute atomic E-state index is 13.6. The smallest absolute Gasteiger partial charge is 0.262 e. The van der Waals surface area contributed by atoms with Gasteiger partial charge in [-0.3, -0.25) is 9.59 Å². The highest BCUT2D eigenvalue weighted by molar-refractivity contribution is 7.14. The zero-order valence-electron chi connectivity index (χ0n) is 24.1. The molecular weight excluding hydrogens is 516 g/mol. The van der Waals surface area contributed by atoms with Crippen molar-refractivity contribution in [2.45, 2.75) is 77.7 Å². The number of rotatable bonds is 7. The van der Waals surface area contributed by atoms with Gasteiger partial charge in [0.15, 0.2) is 5.82 Å². The summed E-state index contributed by atoms with van der Waals surface area (Å²) in [5, 5.41) is 3.07. The monoisotopic (exact) mass is 556 g/mol. The first-order valence-electron chi connectivity index (χ1n) is 14.5. The molecule has 6 nitrogen and oxygen atoms in total. The Labute approximate surface area is 241 Å². The third kappa shape index (κ3) is 6.69. The Bertz CT molecular complexity index is 1370. The Morgan fingerprint density at radius 2 is 1.80 bits per heavy atom. The van der Waals surface area contributed by atoms with Crippen LogP contribution in [0.1, 0.15) is 85.5 Å². The fourth-order valence-electron chi connectivity index (χ4n) is 5.42. The van der Waals surface area contributed by atoms with Crippen molar-refractivity contribution >= 4 is 28.7 Å². The lowest BCUT2D eigenvalue weighted by Crippen LogP contribution is -2.49. The number of allylic oxidation sites excluding steroid dienone is 2. The molecule has 0 saturated carbocycles. The van der Waals surface area contributed by atoms with Crippen molar-refractivity contribution in [3.63, 3.8) is 0 Å². The topological polar surface area (TPSA) is 75.2 Å². The lowest BCUT2D eigenvalue weighted by atomic mass is 9.95. The highest BCUT2D eigenvalue weighted by Gasteiger charge is 2.31. The molecule has 2 atom stereocenters. The van der Waals surface area contributed by atoms with Crippen LogP contribution in [-0.2, 0) is 16.6 Å². The van der Waals surface area contributed by atoms with E-state index >= 15 is 0 Å². The van der Waals surface area contributed by atoms with E-state index in [9.17, 15) is 9.59 Å². The summed E-state index contributed by atoms with van der Waals surface area (Å²) in [6.07, 6.45) is 12.3. The molecule has 0 radical (unpaired) electrons. The second-order valence-electron chi connectivity index (χ2n) is 12.3. The predicted molar refractivity (Wildman–Crippen MR) is 162 cm³/mol. The van der Waals surface area contributed by atoms with Crippen LogP contribution < -0.4 is 5.32 Å². The van der Waals surface area contributed by atoms with E-state index in [0.29, 0.717) is 23.0 Å². The van der Waals surface area contributed by atoms with Gasteiger partial charge in [0, 0.05) is 47.9 Å². The molecule has 1 aliphatic heterocycles. The summed E-state index contributed by atoms with van der Waals surface area (Å²) in [5.74, 6) is 0.965. The van der Waals surface area contributed by atoms with Gasteiger partial charge in [0.2, 0.25) is 5.91 Å². The maximum atomic E-state index is 13.6. The molecule has 5 rings (SSSR count). The van der Waals surface area contributed by atoms with Crippen LogP contribution >= 0.6 is 11.3 Å². The molecule has 3 heterocycles. The molecule has 0 spiro atoms. The number of nitrogens with one attached hydrogen (secondary N) is 1. The Morgan fingerprint density at radius 3 is 2.40 bits per heavy atom. The van der Waals surface area contributed by atoms with E-state index in [0.717, 1.165) is 53.9 Å². The summed E-state index contributed by atoms with van der Waals surface area (Å²) in [7, 11) is 0. The van der Waals surface area contributed by atoms with Gasteiger partial charge in [-0.2, -0.15) is 0 Å². The van der Waals surface area contributed by atoms with Crippen molar-refractivity contribution in [3.05, 3.63) is 75.7 Å². The first kappa shape index (κ1) is 28.2. The predicted octanol–water partition coefficient (Wildman–Crippen LogP) is 6.67. The molecule has 1 fully saturated rings. The van der Waals surface area contributed by atoms with Crippen molar-refractivity contribution in [2.24, 2.45) is 5.92 Å². The van der Waals surface area contributed by atoms with Gasteiger partial charge in [0.05, 0.1) is 4.88 Å². The second-order valence-corrected chi connectivity index (χ2v) is 13.4. The largest absolute Gasteiger partial charge is 0.341 e. The van der Waals surface area contributed by atoms with Crippen molar-refractivity contribution in [2.75, 3.05) is 13.1 Å². The minimum absolute atomic E-state index is 0.00897. The van der Waals surface area contributed by atoms with Crippen LogP contribution in [0.3, 0.4) is 0 Å². The van der Waals surface area contributed by atoms with Crippen molar-refractivity contribution in [1.29, 1.82) is 0 Å². The summed E-state index contributed by atoms with van der Waals surface area (Å²) in [6, 6.07) is 11.3. The van der Waals surface area contributed by atoms with Gasteiger partial charge < -0.3 is 10.2 Å². The molecule has 2 unspecified atom stereocenters. The van der Waals surface area contributed by atoms with Gasteiger partial charge in [-0.25, -0.2) is 9.97 Å². The van der Waals surface area contributed by atoms with Crippen LogP contribution in [0.25, 0.3) is 17.0 Å². The number of hydrogen-bond acceptors (Lipinski definition) is 5. The number of aromatic nitrogens is 2. The van der Waals surface area contributed by atoms with E-state index in [4.69, 9.17) is 0 Å². The third-order valence-corrected chi connectivity index (χ3v) is 9.38. The summed E-state index contributed by atoms with van der Waals surface area (Å²) in [5.41, 5.74) is 4.34. The van der Waals surface area contributed by atoms with Crippen LogP contribution in [0, 0.1) is 5.92 Å². The number of amides is 2. The lowest BCUT2D eigenvalue weighted by molar-refractivity contribution is -0.132. The number of carbonyl (C=O) groups excluding carboxylic acids is 2. The van der Waals surface area contributed by atoms with Crippen molar-refractivity contribution in [3.8, 4) is 11.4 Å². The Kier molecular flexibility index (Phi) is 8.50. The summed E-state index contributed by atoms with van der Waals surface area (Å²) >= 11 is 1.50. The van der Waals surface area contributed by atoms with Gasteiger partial charge in [-0.05, 0) is 66.7 Å². The van der Waals surface area contributed by atoms with Crippen LogP contribution in [0.2, 0.25) is 0 Å². The van der Waals surface area contributed by atoms with Crippen LogP contribution in [-0.4, -0.2) is 45.8 Å². The zero-order chi connectivity index (χ0) is 28.3. The van der Waals surface area contributed by atoms with Gasteiger partial charge in [0.1, 0.15) is 6.04 Å². The lowest BCUT2D eigenvalue weighted by Gasteiger charge is -2.24. The molecular formula is C33H40N4O2S. The molecule has 1 aliphatic carbocycles. The van der Waals surface area contributed by atoms with Crippen LogP contribution in [0.4, 0.5) is 0 Å². The summed E-state index contributed by atoms with van der Waals surface area (Å²) in [4.78, 5) is 39.8. The van der Waals surface area contributed by atoms with Gasteiger partial charge in [-0.1, -0.05) is 58.0 Å². The van der Waals surface area contributed by atoms with Gasteiger partial charge >= 0.3 is 0 Å². The standard InChI is InChI=1S/C33H40N4O2S/c1-22-16-17-37(21-22)32(39)27(36-31(38)28-14-15-29(40-28)33(2,3)4)18-23-10-12-25(13-11-23)30-34-19-26(20-35-30)24-8-6-5-7-9-24/h8,10-15,19-20,22,27H,5-7,9,16-18,21H2,1-4H3,(H,36,38). The third-order valence-electron chi connectivity index (χ3n) is 7.87. The van der Waals surface area contributed by atoms with Gasteiger partial charge in [0.25, 0.3) is 5.91 Å². The normalized spacial score (nSPS) is 18.4. The summed E-state index contributed by atoms with van der Waals surface area (Å²) in [6.45, 7) is 10.1. The minimum Gasteiger partial charge on any atom is -0.341 e. The highest BCUT2D eigenvalue weighted by Crippen LogP contribution is 2.30. The van der Waals surface area contributed by atoms with E-state index < -0.39 is 6.04 Å². The highest BCUT2D eigenvalue weighted by atomic mass is 32.1. The minimum atomic E-state index is -0.622. The molecule has 7 heteroatoms. The Hall–Kier alpha value is -3.32. The first-order chi connectivity index (χ1) is 19.2. The molecule has 1 aromatic carbocycles. The molecule has 40 heavy (non-hydrogen) atoms. The molecule has 1 N–H and O–H groups in total. The fraction of sp³-hybridized carbons (Fsp3) is 0.455. The number of hydrogen-bond donors (Lipinski definition) is 1. The number of carbonyl (C=O) groups is 2. The van der Waals surface area contributed by atoms with Gasteiger partial charge in [-0.15, -0.1) is 11.3 Å². The molecule has 2 aliphatic rings. The Morgan fingerprint density at radius 1 is 1.05 bits per heavy atom. The van der Waals surface area contributed by atoms with E-state index in [1.807, 2.05) is 53.7 Å². The average molecular weight is 557 g/mol. The first-order valence-corrected chi connectivity index (χ1v) is 15.3.